The summed E-state index contributed by atoms with van der Waals surface area (Å²) in [5.41, 5.74) is 16.3. The number of anilines is 1. The van der Waals surface area contributed by atoms with Crippen LogP contribution in [0.4, 0.5) is 5.69 Å². The molecule has 36 heavy (non-hydrogen) atoms. The van der Waals surface area contributed by atoms with Crippen LogP contribution in [0.5, 0.6) is 0 Å². The molecule has 1 aliphatic rings. The quantitative estimate of drug-likeness (QED) is 0.214. The van der Waals surface area contributed by atoms with E-state index in [0.717, 1.165) is 43.2 Å². The minimum atomic E-state index is 0.132. The van der Waals surface area contributed by atoms with Crippen LogP contribution >= 0.6 is 15.9 Å². The molecule has 0 saturated carbocycles. The van der Waals surface area contributed by atoms with E-state index in [1.165, 1.54) is 22.3 Å². The topological polar surface area (TPSA) is 39.2 Å². The number of rotatable bonds is 1. The van der Waals surface area contributed by atoms with Crippen molar-refractivity contribution in [1.29, 1.82) is 0 Å². The van der Waals surface area contributed by atoms with E-state index >= 15 is 0 Å². The Hall–Kier alpha value is -3.82. The van der Waals surface area contributed by atoms with Crippen LogP contribution in [0.3, 0.4) is 0 Å². The van der Waals surface area contributed by atoms with Crippen LogP contribution in [0.15, 0.2) is 118 Å². The van der Waals surface area contributed by atoms with Gasteiger partial charge in [0.2, 0.25) is 0 Å². The molecular weight excluding hydrogens is 506 g/mol. The monoisotopic (exact) mass is 531 g/mol. The van der Waals surface area contributed by atoms with Crippen molar-refractivity contribution < 1.29 is 4.42 Å². The zero-order valence-corrected chi connectivity index (χ0v) is 21.8. The molecule has 0 fully saturated rings. The van der Waals surface area contributed by atoms with Gasteiger partial charge in [-0.3, -0.25) is 0 Å². The van der Waals surface area contributed by atoms with Gasteiger partial charge in [0.1, 0.15) is 11.2 Å². The summed E-state index contributed by atoms with van der Waals surface area (Å²) in [6, 6.07) is 37.5. The fourth-order valence-corrected chi connectivity index (χ4v) is 5.69. The predicted octanol–water partition coefficient (Wildman–Crippen LogP) is 9.59. The standard InChI is InChI=1S/C18H13NO.C15H13Br/c19-13-10-8-12(9-11-13)14-5-3-6-16-15-4-1-2-7-17(15)20-18(14)16;1-15(2)13-6-4-3-5-11(13)12-9-10(16)7-8-14(12)15/h1-11H,19H2;3-9H,1-2H3. The number of halogens is 1. The van der Waals surface area contributed by atoms with Crippen molar-refractivity contribution in [1.82, 2.24) is 0 Å². The van der Waals surface area contributed by atoms with Gasteiger partial charge in [0, 0.05) is 31.9 Å². The fourth-order valence-electron chi connectivity index (χ4n) is 5.33. The van der Waals surface area contributed by atoms with E-state index < -0.39 is 0 Å². The number of nitrogen functional groups attached to an aromatic ring is 1. The highest BCUT2D eigenvalue weighted by atomic mass is 79.9. The minimum Gasteiger partial charge on any atom is -0.455 e. The van der Waals surface area contributed by atoms with Gasteiger partial charge in [-0.2, -0.15) is 0 Å². The molecule has 0 bridgehead atoms. The lowest BCUT2D eigenvalue weighted by Gasteiger charge is -2.21. The molecule has 0 saturated heterocycles. The molecule has 0 aliphatic heterocycles. The molecule has 6 aromatic rings. The Kier molecular flexibility index (Phi) is 5.46. The molecule has 3 heteroatoms. The summed E-state index contributed by atoms with van der Waals surface area (Å²) in [6.45, 7) is 4.59. The van der Waals surface area contributed by atoms with Crippen molar-refractivity contribution in [2.75, 3.05) is 5.73 Å². The van der Waals surface area contributed by atoms with Gasteiger partial charge in [-0.25, -0.2) is 0 Å². The first-order valence-corrected chi connectivity index (χ1v) is 12.9. The molecule has 1 aromatic heterocycles. The van der Waals surface area contributed by atoms with Crippen LogP contribution < -0.4 is 5.73 Å². The summed E-state index contributed by atoms with van der Waals surface area (Å²) in [6.07, 6.45) is 0. The maximum absolute atomic E-state index is 6.04. The van der Waals surface area contributed by atoms with Crippen molar-refractivity contribution >= 4 is 43.6 Å². The van der Waals surface area contributed by atoms with Gasteiger partial charge in [-0.15, -0.1) is 0 Å². The Morgan fingerprint density at radius 3 is 2.14 bits per heavy atom. The van der Waals surface area contributed by atoms with E-state index in [1.54, 1.807) is 0 Å². The molecule has 0 atom stereocenters. The summed E-state index contributed by atoms with van der Waals surface area (Å²) in [5.74, 6) is 0. The molecule has 1 aliphatic carbocycles. The first kappa shape index (κ1) is 22.6. The predicted molar refractivity (Wildman–Crippen MR) is 155 cm³/mol. The summed E-state index contributed by atoms with van der Waals surface area (Å²) in [5, 5.41) is 2.30. The minimum absolute atomic E-state index is 0.132. The second-order valence-electron chi connectivity index (χ2n) is 9.76. The number of hydrogen-bond acceptors (Lipinski definition) is 2. The molecule has 1 heterocycles. The normalized spacial score (nSPS) is 13.2. The van der Waals surface area contributed by atoms with Crippen LogP contribution in [0.1, 0.15) is 25.0 Å². The Morgan fingerprint density at radius 2 is 1.31 bits per heavy atom. The van der Waals surface area contributed by atoms with Gasteiger partial charge >= 0.3 is 0 Å². The number of para-hydroxylation sites is 2. The molecule has 0 amide bonds. The maximum Gasteiger partial charge on any atom is 0.143 e. The second kappa shape index (κ2) is 8.69. The van der Waals surface area contributed by atoms with E-state index in [2.05, 4.69) is 96.5 Å². The Bertz CT molecular complexity index is 1730. The Labute approximate surface area is 219 Å². The van der Waals surface area contributed by atoms with Crippen molar-refractivity contribution in [2.24, 2.45) is 0 Å². The van der Waals surface area contributed by atoms with Crippen LogP contribution in [0.2, 0.25) is 0 Å². The number of benzene rings is 5. The van der Waals surface area contributed by atoms with Gasteiger partial charge in [0.05, 0.1) is 0 Å². The van der Waals surface area contributed by atoms with Crippen LogP contribution in [-0.4, -0.2) is 0 Å². The Morgan fingerprint density at radius 1 is 0.639 bits per heavy atom. The highest BCUT2D eigenvalue weighted by Crippen LogP contribution is 2.49. The molecule has 7 rings (SSSR count). The van der Waals surface area contributed by atoms with Gasteiger partial charge in [0.25, 0.3) is 0 Å². The average Bonchev–Trinajstić information content (AvgIpc) is 3.38. The average molecular weight is 532 g/mol. The molecule has 176 valence electrons. The van der Waals surface area contributed by atoms with Gasteiger partial charge in [-0.05, 0) is 58.1 Å². The number of nitrogens with two attached hydrogens (primary N) is 1. The summed E-state index contributed by atoms with van der Waals surface area (Å²) in [7, 11) is 0. The zero-order valence-electron chi connectivity index (χ0n) is 20.3. The molecular formula is C33H26BrNO. The van der Waals surface area contributed by atoms with Gasteiger partial charge in [-0.1, -0.05) is 109 Å². The third-order valence-electron chi connectivity index (χ3n) is 7.17. The summed E-state index contributed by atoms with van der Waals surface area (Å²) in [4.78, 5) is 0. The number of fused-ring (bicyclic) bond motifs is 6. The molecule has 0 radical (unpaired) electrons. The lowest BCUT2D eigenvalue weighted by Crippen LogP contribution is -2.14. The van der Waals surface area contributed by atoms with Crippen LogP contribution in [-0.2, 0) is 5.41 Å². The highest BCUT2D eigenvalue weighted by molar-refractivity contribution is 9.10. The first-order valence-electron chi connectivity index (χ1n) is 12.1. The SMILES string of the molecule is CC1(C)c2ccccc2-c2cc(Br)ccc21.Nc1ccc(-c2cccc3c2oc2ccccc23)cc1. The first-order chi connectivity index (χ1) is 17.4. The highest BCUT2D eigenvalue weighted by Gasteiger charge is 2.34. The number of hydrogen-bond donors (Lipinski definition) is 1. The van der Waals surface area contributed by atoms with Gasteiger partial charge in [0.15, 0.2) is 0 Å². The summed E-state index contributed by atoms with van der Waals surface area (Å²) < 4.78 is 7.19. The summed E-state index contributed by atoms with van der Waals surface area (Å²) >= 11 is 3.55. The molecule has 0 spiro atoms. The van der Waals surface area contributed by atoms with Gasteiger partial charge < -0.3 is 10.2 Å². The third kappa shape index (κ3) is 3.71. The largest absolute Gasteiger partial charge is 0.455 e. The molecule has 5 aromatic carbocycles. The van der Waals surface area contributed by atoms with Crippen molar-refractivity contribution in [3.05, 3.63) is 125 Å². The lowest BCUT2D eigenvalue weighted by molar-refractivity contribution is 0.660. The van der Waals surface area contributed by atoms with E-state index in [1.807, 2.05) is 42.5 Å². The lowest BCUT2D eigenvalue weighted by atomic mass is 9.82. The molecule has 2 nitrogen and oxygen atoms in total. The van der Waals surface area contributed by atoms with E-state index in [-0.39, 0.29) is 5.41 Å². The van der Waals surface area contributed by atoms with Crippen molar-refractivity contribution in [3.63, 3.8) is 0 Å². The Balaban J connectivity index is 0.000000137. The van der Waals surface area contributed by atoms with Crippen LogP contribution in [0, 0.1) is 0 Å². The van der Waals surface area contributed by atoms with Crippen molar-refractivity contribution in [2.45, 2.75) is 19.3 Å². The second-order valence-corrected chi connectivity index (χ2v) is 10.7. The third-order valence-corrected chi connectivity index (χ3v) is 7.66. The van der Waals surface area contributed by atoms with E-state index in [0.29, 0.717) is 0 Å². The zero-order chi connectivity index (χ0) is 24.9. The van der Waals surface area contributed by atoms with Crippen molar-refractivity contribution in [3.8, 4) is 22.3 Å². The van der Waals surface area contributed by atoms with Crippen LogP contribution in [0.25, 0.3) is 44.2 Å². The maximum atomic E-state index is 6.04. The number of furan rings is 1. The molecule has 0 unspecified atom stereocenters. The molecule has 2 N–H and O–H groups in total. The van der Waals surface area contributed by atoms with E-state index in [9.17, 15) is 0 Å². The van der Waals surface area contributed by atoms with E-state index in [4.69, 9.17) is 10.2 Å². The fraction of sp³-hybridized carbons (Fsp3) is 0.0909. The smallest absolute Gasteiger partial charge is 0.143 e.